The maximum atomic E-state index is 12.7. The number of nitrogens with zero attached hydrogens (tertiary/aromatic N) is 4. The Balaban J connectivity index is 1.38. The van der Waals surface area contributed by atoms with Crippen molar-refractivity contribution in [3.63, 3.8) is 0 Å². The molecule has 4 rings (SSSR count). The fourth-order valence-electron chi connectivity index (χ4n) is 3.84. The van der Waals surface area contributed by atoms with Crippen LogP contribution in [0.5, 0.6) is 5.75 Å². The quantitative estimate of drug-likeness (QED) is 0.428. The highest BCUT2D eigenvalue weighted by Gasteiger charge is 2.17. The number of ether oxygens (including phenoxy) is 1. The summed E-state index contributed by atoms with van der Waals surface area (Å²) in [6.07, 6.45) is 0.243. The van der Waals surface area contributed by atoms with Gasteiger partial charge in [0.15, 0.2) is 0 Å². The average molecular weight is 456 g/mol. The Kier molecular flexibility index (Phi) is 7.01. The highest BCUT2D eigenvalue weighted by atomic mass is 16.5. The van der Waals surface area contributed by atoms with Crippen LogP contribution in [-0.4, -0.2) is 25.7 Å². The van der Waals surface area contributed by atoms with Crippen LogP contribution in [0.25, 0.3) is 5.95 Å². The molecule has 174 valence electrons. The van der Waals surface area contributed by atoms with Gasteiger partial charge >= 0.3 is 0 Å². The summed E-state index contributed by atoms with van der Waals surface area (Å²) in [4.78, 5) is 21.7. The molecular formula is C27H29N5O2. The van der Waals surface area contributed by atoms with Crippen molar-refractivity contribution in [1.29, 1.82) is 0 Å². The average Bonchev–Trinajstić information content (AvgIpc) is 3.10. The molecule has 0 aliphatic heterocycles. The minimum atomic E-state index is -0.0669. The van der Waals surface area contributed by atoms with Crippen LogP contribution in [0, 0.1) is 27.7 Å². The molecule has 2 heterocycles. The first-order valence-corrected chi connectivity index (χ1v) is 11.3. The Morgan fingerprint density at radius 1 is 0.912 bits per heavy atom. The summed E-state index contributed by atoms with van der Waals surface area (Å²) >= 11 is 0. The molecule has 4 aromatic rings. The number of rotatable bonds is 8. The Bertz CT molecular complexity index is 1280. The number of aromatic nitrogens is 4. The van der Waals surface area contributed by atoms with Crippen LogP contribution in [0.15, 0.2) is 60.7 Å². The third kappa shape index (κ3) is 5.67. The normalized spacial score (nSPS) is 10.8. The fourth-order valence-corrected chi connectivity index (χ4v) is 3.84. The van der Waals surface area contributed by atoms with Gasteiger partial charge in [0.1, 0.15) is 12.4 Å². The van der Waals surface area contributed by atoms with Crippen LogP contribution in [0.3, 0.4) is 0 Å². The van der Waals surface area contributed by atoms with Gasteiger partial charge in [-0.15, -0.1) is 0 Å². The lowest BCUT2D eigenvalue weighted by molar-refractivity contribution is -0.120. The summed E-state index contributed by atoms with van der Waals surface area (Å²) in [5.41, 5.74) is 6.40. The molecule has 7 nitrogen and oxygen atoms in total. The van der Waals surface area contributed by atoms with Crippen molar-refractivity contribution in [3.05, 3.63) is 100 Å². The number of hydrogen-bond acceptors (Lipinski definition) is 5. The lowest BCUT2D eigenvalue weighted by Crippen LogP contribution is -2.25. The molecule has 0 saturated carbocycles. The van der Waals surface area contributed by atoms with Gasteiger partial charge in [-0.2, -0.15) is 5.10 Å². The van der Waals surface area contributed by atoms with Crippen molar-refractivity contribution in [2.24, 2.45) is 0 Å². The molecule has 34 heavy (non-hydrogen) atoms. The molecule has 1 N–H and O–H groups in total. The van der Waals surface area contributed by atoms with Gasteiger partial charge in [0.2, 0.25) is 5.91 Å². The molecule has 0 aliphatic rings. The van der Waals surface area contributed by atoms with Crippen LogP contribution in [0.1, 0.15) is 39.5 Å². The summed E-state index contributed by atoms with van der Waals surface area (Å²) in [5.74, 6) is 1.23. The molecule has 2 aromatic heterocycles. The third-order valence-corrected chi connectivity index (χ3v) is 5.57. The first-order valence-electron chi connectivity index (χ1n) is 11.3. The molecule has 7 heteroatoms. The number of carbonyl (C=O) groups excluding carboxylic acids is 1. The molecule has 0 bridgehead atoms. The molecule has 0 unspecified atom stereocenters. The van der Waals surface area contributed by atoms with Crippen molar-refractivity contribution >= 4 is 5.91 Å². The van der Waals surface area contributed by atoms with E-state index in [-0.39, 0.29) is 12.3 Å². The van der Waals surface area contributed by atoms with Crippen molar-refractivity contribution in [2.75, 3.05) is 0 Å². The number of nitrogens with one attached hydrogen (secondary N) is 1. The van der Waals surface area contributed by atoms with Crippen LogP contribution in [0.2, 0.25) is 0 Å². The number of carbonyl (C=O) groups is 1. The van der Waals surface area contributed by atoms with E-state index in [1.54, 1.807) is 4.68 Å². The van der Waals surface area contributed by atoms with E-state index in [0.29, 0.717) is 19.1 Å². The number of hydrogen-bond donors (Lipinski definition) is 1. The van der Waals surface area contributed by atoms with Crippen molar-refractivity contribution in [1.82, 2.24) is 25.1 Å². The molecule has 0 saturated heterocycles. The molecule has 0 spiro atoms. The van der Waals surface area contributed by atoms with E-state index in [4.69, 9.17) is 4.74 Å². The molecule has 0 atom stereocenters. The van der Waals surface area contributed by atoms with Gasteiger partial charge in [-0.1, -0.05) is 42.5 Å². The van der Waals surface area contributed by atoms with Crippen LogP contribution < -0.4 is 10.1 Å². The van der Waals surface area contributed by atoms with E-state index in [1.165, 1.54) is 0 Å². The standard InChI is InChI=1S/C27H29N5O2/c1-18-13-19(2)30-27(29-18)32-21(4)25(20(3)31-32)15-26(33)28-16-23-11-8-12-24(14-23)34-17-22-9-6-5-7-10-22/h5-14H,15-17H2,1-4H3,(H,28,33). The monoisotopic (exact) mass is 455 g/mol. The molecule has 0 fully saturated rings. The zero-order valence-electron chi connectivity index (χ0n) is 20.0. The number of amides is 1. The van der Waals surface area contributed by atoms with Gasteiger partial charge in [0.05, 0.1) is 12.1 Å². The summed E-state index contributed by atoms with van der Waals surface area (Å²) in [7, 11) is 0. The summed E-state index contributed by atoms with van der Waals surface area (Å²) in [5, 5.41) is 7.59. The second kappa shape index (κ2) is 10.3. The molecular weight excluding hydrogens is 426 g/mol. The van der Waals surface area contributed by atoms with Crippen LogP contribution in [-0.2, 0) is 24.4 Å². The first kappa shape index (κ1) is 23.2. The molecule has 2 aromatic carbocycles. The van der Waals surface area contributed by atoms with E-state index in [0.717, 1.165) is 45.2 Å². The van der Waals surface area contributed by atoms with E-state index in [2.05, 4.69) is 20.4 Å². The smallest absolute Gasteiger partial charge is 0.251 e. The van der Waals surface area contributed by atoms with Crippen molar-refractivity contribution in [3.8, 4) is 11.7 Å². The molecule has 0 radical (unpaired) electrons. The highest BCUT2D eigenvalue weighted by Crippen LogP contribution is 2.18. The van der Waals surface area contributed by atoms with Gasteiger partial charge in [-0.05, 0) is 57.0 Å². The lowest BCUT2D eigenvalue weighted by atomic mass is 10.1. The first-order chi connectivity index (χ1) is 16.4. The fraction of sp³-hybridized carbons (Fsp3) is 0.259. The Morgan fingerprint density at radius 2 is 1.62 bits per heavy atom. The minimum Gasteiger partial charge on any atom is -0.489 e. The largest absolute Gasteiger partial charge is 0.489 e. The summed E-state index contributed by atoms with van der Waals surface area (Å²) < 4.78 is 7.61. The minimum absolute atomic E-state index is 0.0669. The third-order valence-electron chi connectivity index (χ3n) is 5.57. The Morgan fingerprint density at radius 3 is 2.35 bits per heavy atom. The highest BCUT2D eigenvalue weighted by molar-refractivity contribution is 5.79. The molecule has 1 amide bonds. The van der Waals surface area contributed by atoms with E-state index >= 15 is 0 Å². The van der Waals surface area contributed by atoms with Gasteiger partial charge < -0.3 is 10.1 Å². The second-order valence-corrected chi connectivity index (χ2v) is 8.39. The topological polar surface area (TPSA) is 81.9 Å². The van der Waals surface area contributed by atoms with Crippen molar-refractivity contribution in [2.45, 2.75) is 47.3 Å². The lowest BCUT2D eigenvalue weighted by Gasteiger charge is -2.10. The number of benzene rings is 2. The van der Waals surface area contributed by atoms with Gasteiger partial charge in [0.25, 0.3) is 5.95 Å². The van der Waals surface area contributed by atoms with E-state index in [1.807, 2.05) is 88.4 Å². The summed E-state index contributed by atoms with van der Waals surface area (Å²) in [6.45, 7) is 8.64. The Hall–Kier alpha value is -4.00. The second-order valence-electron chi connectivity index (χ2n) is 8.39. The van der Waals surface area contributed by atoms with Gasteiger partial charge in [0, 0.05) is 29.2 Å². The molecule has 0 aliphatic carbocycles. The maximum absolute atomic E-state index is 12.7. The van der Waals surface area contributed by atoms with Crippen molar-refractivity contribution < 1.29 is 9.53 Å². The number of aryl methyl sites for hydroxylation is 3. The SMILES string of the molecule is Cc1cc(C)nc(-n2nc(C)c(CC(=O)NCc3cccc(OCc4ccccc4)c3)c2C)n1. The van der Waals surface area contributed by atoms with Gasteiger partial charge in [-0.3, -0.25) is 4.79 Å². The zero-order chi connectivity index (χ0) is 24.1. The van der Waals surface area contributed by atoms with Crippen LogP contribution in [0.4, 0.5) is 0 Å². The van der Waals surface area contributed by atoms with E-state index in [9.17, 15) is 4.79 Å². The predicted octanol–water partition coefficient (Wildman–Crippen LogP) is 4.33. The summed E-state index contributed by atoms with van der Waals surface area (Å²) in [6, 6.07) is 19.7. The Labute approximate surface area is 199 Å². The van der Waals surface area contributed by atoms with E-state index < -0.39 is 0 Å². The zero-order valence-corrected chi connectivity index (χ0v) is 20.0. The maximum Gasteiger partial charge on any atom is 0.251 e. The van der Waals surface area contributed by atoms with Gasteiger partial charge in [-0.25, -0.2) is 14.6 Å². The predicted molar refractivity (Wildman–Crippen MR) is 131 cm³/mol. The van der Waals surface area contributed by atoms with Crippen LogP contribution >= 0.6 is 0 Å².